The summed E-state index contributed by atoms with van der Waals surface area (Å²) in [5.41, 5.74) is 0. The molecule has 4 nitrogen and oxygen atoms in total. The monoisotopic (exact) mass is 278 g/mol. The van der Waals surface area contributed by atoms with Crippen molar-refractivity contribution < 1.29 is 9.59 Å². The second-order valence-electron chi connectivity index (χ2n) is 6.90. The van der Waals surface area contributed by atoms with Gasteiger partial charge in [-0.05, 0) is 43.9 Å². The molecule has 0 N–H and O–H groups in total. The molecule has 3 aliphatic rings. The molecule has 2 aliphatic heterocycles. The Morgan fingerprint density at radius 2 is 1.95 bits per heavy atom. The van der Waals surface area contributed by atoms with Gasteiger partial charge >= 0.3 is 6.03 Å². The lowest BCUT2D eigenvalue weighted by molar-refractivity contribution is -0.129. The summed E-state index contributed by atoms with van der Waals surface area (Å²) < 4.78 is 0. The third-order valence-electron chi connectivity index (χ3n) is 5.34. The molecule has 20 heavy (non-hydrogen) atoms. The molecule has 3 atom stereocenters. The fourth-order valence-electron chi connectivity index (χ4n) is 4.19. The fourth-order valence-corrected chi connectivity index (χ4v) is 4.19. The van der Waals surface area contributed by atoms with Gasteiger partial charge in [-0.3, -0.25) is 9.69 Å². The van der Waals surface area contributed by atoms with E-state index in [2.05, 4.69) is 6.92 Å². The molecular weight excluding hydrogens is 252 g/mol. The van der Waals surface area contributed by atoms with Gasteiger partial charge in [-0.2, -0.15) is 0 Å². The van der Waals surface area contributed by atoms with Crippen LogP contribution in [0.2, 0.25) is 0 Å². The van der Waals surface area contributed by atoms with Crippen LogP contribution in [0.5, 0.6) is 0 Å². The highest BCUT2D eigenvalue weighted by atomic mass is 16.2. The minimum atomic E-state index is -0.137. The minimum absolute atomic E-state index is 0.0245. The Bertz CT molecular complexity index is 372. The molecule has 4 heteroatoms. The molecule has 3 rings (SSSR count). The minimum Gasteiger partial charge on any atom is -0.312 e. The summed E-state index contributed by atoms with van der Waals surface area (Å²) in [4.78, 5) is 28.0. The van der Waals surface area contributed by atoms with Gasteiger partial charge in [-0.25, -0.2) is 4.79 Å². The highest BCUT2D eigenvalue weighted by molar-refractivity contribution is 6.04. The number of amides is 3. The molecule has 0 spiro atoms. The van der Waals surface area contributed by atoms with Crippen molar-refractivity contribution in [2.75, 3.05) is 13.1 Å². The van der Waals surface area contributed by atoms with Gasteiger partial charge in [0.05, 0.1) is 0 Å². The molecule has 0 aromatic heterocycles. The van der Waals surface area contributed by atoms with Crippen LogP contribution in [0.1, 0.15) is 58.3 Å². The number of carbonyl (C=O) groups is 2. The van der Waals surface area contributed by atoms with Gasteiger partial charge in [0, 0.05) is 13.1 Å². The van der Waals surface area contributed by atoms with Crippen LogP contribution < -0.4 is 0 Å². The maximum atomic E-state index is 12.4. The van der Waals surface area contributed by atoms with Crippen LogP contribution in [0.25, 0.3) is 0 Å². The van der Waals surface area contributed by atoms with E-state index in [0.29, 0.717) is 12.5 Å². The number of hydrogen-bond acceptors (Lipinski definition) is 2. The summed E-state index contributed by atoms with van der Waals surface area (Å²) in [7, 11) is 0. The van der Waals surface area contributed by atoms with E-state index in [1.54, 1.807) is 4.90 Å². The quantitative estimate of drug-likeness (QED) is 0.745. The van der Waals surface area contributed by atoms with Gasteiger partial charge in [0.25, 0.3) is 5.91 Å². The third kappa shape index (κ3) is 2.57. The molecule has 1 saturated carbocycles. The first-order chi connectivity index (χ1) is 9.66. The zero-order valence-electron chi connectivity index (χ0n) is 12.5. The predicted octanol–water partition coefficient (Wildman–Crippen LogP) is 3.02. The Morgan fingerprint density at radius 1 is 1.10 bits per heavy atom. The summed E-state index contributed by atoms with van der Waals surface area (Å²) in [5.74, 6) is 1.58. The average Bonchev–Trinajstić information content (AvgIpc) is 2.70. The van der Waals surface area contributed by atoms with Crippen molar-refractivity contribution in [3.63, 3.8) is 0 Å². The summed E-state index contributed by atoms with van der Waals surface area (Å²) in [6, 6.07) is -0.162. The van der Waals surface area contributed by atoms with Crippen molar-refractivity contribution in [2.45, 2.75) is 64.3 Å². The Morgan fingerprint density at radius 3 is 2.70 bits per heavy atom. The Labute approximate surface area is 121 Å². The molecular formula is C16H26N2O2. The van der Waals surface area contributed by atoms with Crippen molar-refractivity contribution in [3.05, 3.63) is 0 Å². The fraction of sp³-hybridized carbons (Fsp3) is 0.875. The normalized spacial score (nSPS) is 34.5. The predicted molar refractivity (Wildman–Crippen MR) is 77.2 cm³/mol. The first kappa shape index (κ1) is 13.9. The molecule has 3 amide bonds. The van der Waals surface area contributed by atoms with E-state index in [1.165, 1.54) is 30.6 Å². The molecule has 0 bridgehead atoms. The number of nitrogens with zero attached hydrogens (tertiary/aromatic N) is 2. The number of fused-ring (bicyclic) bond motifs is 1. The van der Waals surface area contributed by atoms with Crippen molar-refractivity contribution in [1.29, 1.82) is 0 Å². The van der Waals surface area contributed by atoms with Crippen molar-refractivity contribution in [1.82, 2.24) is 9.80 Å². The Hall–Kier alpha value is -1.06. The molecule has 0 aromatic carbocycles. The van der Waals surface area contributed by atoms with Crippen LogP contribution >= 0.6 is 0 Å². The van der Waals surface area contributed by atoms with Gasteiger partial charge in [-0.15, -0.1) is 0 Å². The first-order valence-corrected chi connectivity index (χ1v) is 8.29. The van der Waals surface area contributed by atoms with Gasteiger partial charge in [-0.1, -0.05) is 26.2 Å². The number of carbonyl (C=O) groups excluding carboxylic acids is 2. The summed E-state index contributed by atoms with van der Waals surface area (Å²) in [5, 5.41) is 0. The third-order valence-corrected chi connectivity index (χ3v) is 5.34. The number of imide groups is 1. The SMILES string of the molecule is C[C@@H]1CCC[C@H](CCN2C(=O)[C@@H]3CCCCN3C2=O)C1. The van der Waals surface area contributed by atoms with Crippen LogP contribution in [-0.4, -0.2) is 40.9 Å². The molecule has 0 unspecified atom stereocenters. The van der Waals surface area contributed by atoms with E-state index in [0.717, 1.165) is 38.1 Å². The summed E-state index contributed by atoms with van der Waals surface area (Å²) in [6.45, 7) is 3.73. The van der Waals surface area contributed by atoms with E-state index >= 15 is 0 Å². The number of urea groups is 1. The van der Waals surface area contributed by atoms with Crippen LogP contribution in [0.3, 0.4) is 0 Å². The van der Waals surface area contributed by atoms with Crippen LogP contribution in [0.4, 0.5) is 4.79 Å². The van der Waals surface area contributed by atoms with E-state index < -0.39 is 0 Å². The van der Waals surface area contributed by atoms with Gasteiger partial charge in [0.15, 0.2) is 0 Å². The highest BCUT2D eigenvalue weighted by Crippen LogP contribution is 2.32. The van der Waals surface area contributed by atoms with E-state index in [-0.39, 0.29) is 18.0 Å². The molecule has 112 valence electrons. The lowest BCUT2D eigenvalue weighted by Gasteiger charge is -2.28. The second kappa shape index (κ2) is 5.74. The molecule has 0 radical (unpaired) electrons. The molecule has 2 saturated heterocycles. The smallest absolute Gasteiger partial charge is 0.312 e. The van der Waals surface area contributed by atoms with Crippen molar-refractivity contribution >= 4 is 11.9 Å². The van der Waals surface area contributed by atoms with Crippen LogP contribution in [0, 0.1) is 11.8 Å². The zero-order chi connectivity index (χ0) is 14.1. The number of hydrogen-bond donors (Lipinski definition) is 0. The largest absolute Gasteiger partial charge is 0.327 e. The van der Waals surface area contributed by atoms with E-state index in [4.69, 9.17) is 0 Å². The molecule has 0 aromatic rings. The topological polar surface area (TPSA) is 40.6 Å². The molecule has 1 aliphatic carbocycles. The molecule has 2 heterocycles. The summed E-state index contributed by atoms with van der Waals surface area (Å²) in [6.07, 6.45) is 9.18. The number of piperidine rings is 1. The van der Waals surface area contributed by atoms with Crippen LogP contribution in [-0.2, 0) is 4.79 Å². The number of rotatable bonds is 3. The van der Waals surface area contributed by atoms with Gasteiger partial charge in [0.2, 0.25) is 0 Å². The van der Waals surface area contributed by atoms with Gasteiger partial charge < -0.3 is 4.90 Å². The van der Waals surface area contributed by atoms with Crippen molar-refractivity contribution in [2.24, 2.45) is 11.8 Å². The van der Waals surface area contributed by atoms with Gasteiger partial charge in [0.1, 0.15) is 6.04 Å². The lowest BCUT2D eigenvalue weighted by atomic mass is 9.81. The maximum Gasteiger partial charge on any atom is 0.327 e. The van der Waals surface area contributed by atoms with E-state index in [9.17, 15) is 9.59 Å². The zero-order valence-corrected chi connectivity index (χ0v) is 12.5. The second-order valence-corrected chi connectivity index (χ2v) is 6.90. The Balaban J connectivity index is 1.57. The van der Waals surface area contributed by atoms with Crippen molar-refractivity contribution in [3.8, 4) is 0 Å². The van der Waals surface area contributed by atoms with E-state index in [1.807, 2.05) is 0 Å². The standard InChI is InChI=1S/C16H26N2O2/c1-12-5-4-6-13(11-12)8-10-18-15(19)14-7-2-3-9-17(14)16(18)20/h12-14H,2-11H2,1H3/t12-,13-,14+/m1/s1. The van der Waals surface area contributed by atoms with Crippen LogP contribution in [0.15, 0.2) is 0 Å². The maximum absolute atomic E-state index is 12.4. The Kier molecular flexibility index (Phi) is 3.99. The highest BCUT2D eigenvalue weighted by Gasteiger charge is 2.45. The first-order valence-electron chi connectivity index (χ1n) is 8.29. The lowest BCUT2D eigenvalue weighted by Crippen LogP contribution is -2.39. The average molecular weight is 278 g/mol. The molecule has 3 fully saturated rings. The summed E-state index contributed by atoms with van der Waals surface area (Å²) >= 11 is 0.